The zero-order valence-electron chi connectivity index (χ0n) is 12.7. The quantitative estimate of drug-likeness (QED) is 0.533. The van der Waals surface area contributed by atoms with Gasteiger partial charge >= 0.3 is 0 Å². The number of nitrogens with one attached hydrogen (secondary N) is 1. The molecular weight excluding hydrogens is 294 g/mol. The normalized spacial score (nSPS) is 9.86. The molecule has 0 spiro atoms. The maximum atomic E-state index is 5.83. The Bertz CT molecular complexity index is 556. The van der Waals surface area contributed by atoms with Crippen molar-refractivity contribution < 1.29 is 22.0 Å². The molecule has 22 heavy (non-hydrogen) atoms. The number of hydrogen-bond acceptors (Lipinski definition) is 1. The van der Waals surface area contributed by atoms with Gasteiger partial charge in [0, 0.05) is 0 Å². The maximum Gasteiger partial charge on any atom is 0.222 e. The molecule has 0 aliphatic rings. The van der Waals surface area contributed by atoms with Crippen LogP contribution in [0.2, 0.25) is 0 Å². The topological polar surface area (TPSA) is 13.7 Å². The average molecular weight is 316 g/mol. The van der Waals surface area contributed by atoms with Crippen LogP contribution in [0.15, 0.2) is 79.9 Å². The van der Waals surface area contributed by atoms with Crippen LogP contribution in [0.1, 0.15) is 0 Å². The van der Waals surface area contributed by atoms with E-state index >= 15 is 0 Å². The van der Waals surface area contributed by atoms with Crippen LogP contribution >= 0.6 is 0 Å². The van der Waals surface area contributed by atoms with Gasteiger partial charge in [0.25, 0.3) is 0 Å². The first-order valence-electron chi connectivity index (χ1n) is 7.17. The Hall–Kier alpha value is -2.03. The van der Waals surface area contributed by atoms with Crippen LogP contribution in [0.4, 0.5) is 0 Å². The Morgan fingerprint density at radius 3 is 1.91 bits per heavy atom. The summed E-state index contributed by atoms with van der Waals surface area (Å²) in [5.74, 6) is 0.889. The summed E-state index contributed by atoms with van der Waals surface area (Å²) < 4.78 is 5.83. The molecule has 1 N–H and O–H groups in total. The van der Waals surface area contributed by atoms with Crippen LogP contribution in [-0.4, -0.2) is 19.8 Å². The van der Waals surface area contributed by atoms with Crippen molar-refractivity contribution in [3.8, 4) is 16.9 Å². The van der Waals surface area contributed by atoms with Crippen molar-refractivity contribution in [2.75, 3.05) is 19.8 Å². The molecule has 2 aromatic carbocycles. The number of benzene rings is 2. The lowest BCUT2D eigenvalue weighted by Gasteiger charge is -2.16. The minimum absolute atomic E-state index is 0. The van der Waals surface area contributed by atoms with E-state index in [0.717, 1.165) is 18.8 Å². The number of halogens is 1. The third-order valence-electron chi connectivity index (χ3n) is 3.27. The van der Waals surface area contributed by atoms with Crippen molar-refractivity contribution >= 4 is 0 Å². The fourth-order valence-electron chi connectivity index (χ4n) is 2.17. The average Bonchev–Trinajstić information content (AvgIpc) is 2.54. The first kappa shape index (κ1) is 18.0. The summed E-state index contributed by atoms with van der Waals surface area (Å²) in [7, 11) is 0. The monoisotopic (exact) mass is 315 g/mol. The Kier molecular flexibility index (Phi) is 8.05. The molecule has 0 saturated heterocycles. The number of quaternary nitrogens is 1. The van der Waals surface area contributed by atoms with Gasteiger partial charge < -0.3 is 17.1 Å². The van der Waals surface area contributed by atoms with Crippen LogP contribution in [0.5, 0.6) is 5.75 Å². The van der Waals surface area contributed by atoms with E-state index in [9.17, 15) is 0 Å². The highest BCUT2D eigenvalue weighted by molar-refractivity contribution is 5.63. The van der Waals surface area contributed by atoms with Gasteiger partial charge in [-0.1, -0.05) is 55.6 Å². The molecule has 0 amide bonds. The number of ether oxygens (including phenoxy) is 1. The Labute approximate surface area is 139 Å². The van der Waals surface area contributed by atoms with Crippen molar-refractivity contribution in [3.63, 3.8) is 0 Å². The Morgan fingerprint density at radius 1 is 0.818 bits per heavy atom. The second-order valence-corrected chi connectivity index (χ2v) is 4.91. The lowest BCUT2D eigenvalue weighted by molar-refractivity contribution is -0.904. The van der Waals surface area contributed by atoms with E-state index in [-0.39, 0.29) is 12.4 Å². The highest BCUT2D eigenvalue weighted by atomic mass is 35.5. The van der Waals surface area contributed by atoms with Gasteiger partial charge in [-0.05, 0) is 35.4 Å². The summed E-state index contributed by atoms with van der Waals surface area (Å²) in [6.45, 7) is 9.90. The van der Waals surface area contributed by atoms with Crippen molar-refractivity contribution in [1.29, 1.82) is 0 Å². The van der Waals surface area contributed by atoms with E-state index in [1.54, 1.807) is 0 Å². The molecule has 0 atom stereocenters. The minimum Gasteiger partial charge on any atom is -1.00 e. The van der Waals surface area contributed by atoms with Crippen molar-refractivity contribution in [1.82, 2.24) is 0 Å². The standard InChI is InChI=1S/C19H21NO.ClH/c1-3-14-20(15-4-2)16-21-19-12-10-18(11-13-19)17-8-6-5-7-9-17;/h3-13H,1-2,14-16H2;1H. The number of hydrogen-bond donors (Lipinski definition) is 1. The second-order valence-electron chi connectivity index (χ2n) is 4.91. The van der Waals surface area contributed by atoms with E-state index in [0.29, 0.717) is 6.73 Å². The van der Waals surface area contributed by atoms with Crippen molar-refractivity contribution in [2.45, 2.75) is 0 Å². The van der Waals surface area contributed by atoms with E-state index in [1.807, 2.05) is 42.5 Å². The van der Waals surface area contributed by atoms with Crippen LogP contribution < -0.4 is 22.0 Å². The predicted molar refractivity (Wildman–Crippen MR) is 88.5 cm³/mol. The van der Waals surface area contributed by atoms with E-state index in [4.69, 9.17) is 4.74 Å². The van der Waals surface area contributed by atoms with Gasteiger partial charge in [0.1, 0.15) is 5.75 Å². The fraction of sp³-hybridized carbons (Fsp3) is 0.158. The van der Waals surface area contributed by atoms with Crippen LogP contribution in [0.25, 0.3) is 11.1 Å². The van der Waals surface area contributed by atoms with Gasteiger partial charge in [-0.25, -0.2) is 0 Å². The van der Waals surface area contributed by atoms with Crippen LogP contribution in [0, 0.1) is 0 Å². The fourth-order valence-corrected chi connectivity index (χ4v) is 2.17. The Balaban J connectivity index is 0.00000242. The molecule has 0 saturated carbocycles. The molecule has 3 heteroatoms. The molecule has 0 radical (unpaired) electrons. The summed E-state index contributed by atoms with van der Waals surface area (Å²) in [6, 6.07) is 18.5. The van der Waals surface area contributed by atoms with Crippen molar-refractivity contribution in [2.24, 2.45) is 0 Å². The molecule has 0 unspecified atom stereocenters. The summed E-state index contributed by atoms with van der Waals surface area (Å²) in [5, 5.41) is 0. The Morgan fingerprint density at radius 2 is 1.36 bits per heavy atom. The predicted octanol–water partition coefficient (Wildman–Crippen LogP) is -0.0492. The summed E-state index contributed by atoms with van der Waals surface area (Å²) in [5.41, 5.74) is 2.42. The maximum absolute atomic E-state index is 5.83. The molecule has 0 heterocycles. The van der Waals surface area contributed by atoms with Gasteiger partial charge in [-0.15, -0.1) is 0 Å². The van der Waals surface area contributed by atoms with Crippen molar-refractivity contribution in [3.05, 3.63) is 79.9 Å². The van der Waals surface area contributed by atoms with E-state index in [2.05, 4.69) is 37.4 Å². The summed E-state index contributed by atoms with van der Waals surface area (Å²) >= 11 is 0. The van der Waals surface area contributed by atoms with Gasteiger partial charge in [-0.2, -0.15) is 0 Å². The summed E-state index contributed by atoms with van der Waals surface area (Å²) in [6.07, 6.45) is 3.81. The largest absolute Gasteiger partial charge is 1.00 e. The molecule has 116 valence electrons. The van der Waals surface area contributed by atoms with Gasteiger partial charge in [-0.3, -0.25) is 4.90 Å². The highest BCUT2D eigenvalue weighted by Crippen LogP contribution is 2.21. The molecule has 2 aromatic rings. The molecule has 0 aliphatic carbocycles. The van der Waals surface area contributed by atoms with Gasteiger partial charge in [0.2, 0.25) is 6.73 Å². The zero-order chi connectivity index (χ0) is 14.9. The third kappa shape index (κ3) is 5.40. The SMILES string of the molecule is C=CC[NH+](CC=C)COc1ccc(-c2ccccc2)cc1.[Cl-]. The second kappa shape index (κ2) is 9.82. The molecule has 2 rings (SSSR count). The molecular formula is C19H22ClNO. The first-order valence-corrected chi connectivity index (χ1v) is 7.17. The molecule has 0 fully saturated rings. The van der Waals surface area contributed by atoms with Crippen LogP contribution in [0.3, 0.4) is 0 Å². The highest BCUT2D eigenvalue weighted by Gasteiger charge is 2.05. The van der Waals surface area contributed by atoms with Crippen LogP contribution in [-0.2, 0) is 0 Å². The van der Waals surface area contributed by atoms with Gasteiger partial charge in [0.05, 0.1) is 13.1 Å². The molecule has 0 aliphatic heterocycles. The molecule has 0 aromatic heterocycles. The number of rotatable bonds is 8. The molecule has 0 bridgehead atoms. The molecule has 2 nitrogen and oxygen atoms in total. The third-order valence-corrected chi connectivity index (χ3v) is 3.27. The summed E-state index contributed by atoms with van der Waals surface area (Å²) in [4.78, 5) is 1.28. The smallest absolute Gasteiger partial charge is 0.222 e. The van der Waals surface area contributed by atoms with E-state index < -0.39 is 0 Å². The lowest BCUT2D eigenvalue weighted by atomic mass is 10.1. The first-order chi connectivity index (χ1) is 10.3. The van der Waals surface area contributed by atoms with Gasteiger partial charge in [0.15, 0.2) is 0 Å². The minimum atomic E-state index is 0. The lowest BCUT2D eigenvalue weighted by Crippen LogP contribution is -3.12. The zero-order valence-corrected chi connectivity index (χ0v) is 13.4. The van der Waals surface area contributed by atoms with E-state index in [1.165, 1.54) is 16.0 Å².